The van der Waals surface area contributed by atoms with Gasteiger partial charge in [0.25, 0.3) is 5.91 Å². The summed E-state index contributed by atoms with van der Waals surface area (Å²) in [6, 6.07) is 4.00. The van der Waals surface area contributed by atoms with Gasteiger partial charge in [0.05, 0.1) is 25.4 Å². The van der Waals surface area contributed by atoms with Crippen LogP contribution in [-0.4, -0.2) is 79.3 Å². The average Bonchev–Trinajstić information content (AvgIpc) is 3.72. The Morgan fingerprint density at radius 2 is 1.79 bits per heavy atom. The highest BCUT2D eigenvalue weighted by molar-refractivity contribution is 7.88. The molecule has 1 unspecified atom stereocenters. The third-order valence-corrected chi connectivity index (χ3v) is 9.49. The number of halogens is 5. The van der Waals surface area contributed by atoms with Crippen LogP contribution in [0, 0.1) is 5.92 Å². The van der Waals surface area contributed by atoms with E-state index in [-0.39, 0.29) is 48.7 Å². The summed E-state index contributed by atoms with van der Waals surface area (Å²) < 4.78 is 95.2. The molecule has 1 saturated carbocycles. The second kappa shape index (κ2) is 11.4. The minimum Gasteiger partial charge on any atom is -0.347 e. The minimum absolute atomic E-state index is 0.0696. The SMILES string of the molecule is CC[C@H](C(=O)N[C@@H](C1=CC=C(C(F)(F)F)CC1(C)F)C1CC1)N(CC)C(=O)c1cccc(C2(F)CN(S(C)(=O)=O)C2)c1. The number of likely N-dealkylation sites (N-methyl/N-ethyl adjacent to an activating group) is 1. The Morgan fingerprint density at radius 1 is 1.14 bits per heavy atom. The summed E-state index contributed by atoms with van der Waals surface area (Å²) in [6.07, 6.45) is -0.998. The van der Waals surface area contributed by atoms with Gasteiger partial charge < -0.3 is 10.2 Å². The molecule has 0 radical (unpaired) electrons. The van der Waals surface area contributed by atoms with E-state index in [1.165, 1.54) is 29.2 Å². The highest BCUT2D eigenvalue weighted by Gasteiger charge is 2.50. The molecule has 4 rings (SSSR count). The molecular weight excluding hydrogens is 581 g/mol. The number of carbonyl (C=O) groups excluding carboxylic acids is 2. The number of nitrogens with one attached hydrogen (secondary N) is 1. The van der Waals surface area contributed by atoms with Gasteiger partial charge >= 0.3 is 6.18 Å². The maximum Gasteiger partial charge on any atom is 0.412 e. The molecule has 0 spiro atoms. The zero-order chi connectivity index (χ0) is 31.3. The normalized spacial score (nSPS) is 24.1. The predicted octanol–water partition coefficient (Wildman–Crippen LogP) is 4.81. The Bertz CT molecular complexity index is 1400. The number of benzene rings is 1. The van der Waals surface area contributed by atoms with Crippen LogP contribution in [0.5, 0.6) is 0 Å². The lowest BCUT2D eigenvalue weighted by atomic mass is 9.80. The number of rotatable bonds is 10. The van der Waals surface area contributed by atoms with Gasteiger partial charge in [0.15, 0.2) is 5.67 Å². The summed E-state index contributed by atoms with van der Waals surface area (Å²) in [6.45, 7) is 3.84. The van der Waals surface area contributed by atoms with E-state index in [1.807, 2.05) is 0 Å². The molecule has 232 valence electrons. The van der Waals surface area contributed by atoms with Gasteiger partial charge in [-0.15, -0.1) is 0 Å². The maximum absolute atomic E-state index is 15.6. The van der Waals surface area contributed by atoms with Gasteiger partial charge in [0.2, 0.25) is 15.9 Å². The fourth-order valence-corrected chi connectivity index (χ4v) is 6.59. The lowest BCUT2D eigenvalue weighted by Crippen LogP contribution is -2.58. The molecule has 42 heavy (non-hydrogen) atoms. The first-order chi connectivity index (χ1) is 19.4. The Hall–Kier alpha value is -2.80. The van der Waals surface area contributed by atoms with Gasteiger partial charge in [0.1, 0.15) is 11.7 Å². The summed E-state index contributed by atoms with van der Waals surface area (Å²) in [4.78, 5) is 28.5. The molecular formula is C29H36F5N3O4S. The standard InChI is InChI=1S/C29H36F5N3O4S/c1-5-23(25(38)35-24(18-10-11-18)22-13-12-21(29(32,33)34)15-27(22,3)30)37(6-2)26(39)19-8-7-9-20(14-19)28(31)16-36(17-28)42(4,40)41/h7-9,12-14,18,23-24H,5-6,10-11,15-17H2,1-4H3,(H,35,38)/t23-,24-,27?/m1/s1. The zero-order valence-corrected chi connectivity index (χ0v) is 24.8. The van der Waals surface area contributed by atoms with Crippen LogP contribution in [0.4, 0.5) is 22.0 Å². The van der Waals surface area contributed by atoms with Gasteiger partial charge in [-0.2, -0.15) is 17.5 Å². The third-order valence-electron chi connectivity index (χ3n) is 8.30. The van der Waals surface area contributed by atoms with E-state index in [9.17, 15) is 31.2 Å². The molecule has 3 aliphatic rings. The van der Waals surface area contributed by atoms with Gasteiger partial charge in [-0.1, -0.05) is 31.2 Å². The van der Waals surface area contributed by atoms with Crippen molar-refractivity contribution in [3.63, 3.8) is 0 Å². The quantitative estimate of drug-likeness (QED) is 0.382. The summed E-state index contributed by atoms with van der Waals surface area (Å²) in [7, 11) is -3.56. The number of hydrogen-bond acceptors (Lipinski definition) is 4. The van der Waals surface area contributed by atoms with Crippen LogP contribution in [0.2, 0.25) is 0 Å². The molecule has 7 nitrogen and oxygen atoms in total. The number of hydrogen-bond donors (Lipinski definition) is 1. The second-order valence-corrected chi connectivity index (χ2v) is 13.6. The van der Waals surface area contributed by atoms with E-state index < -0.39 is 63.4 Å². The van der Waals surface area contributed by atoms with Gasteiger partial charge in [-0.05, 0) is 62.3 Å². The molecule has 1 aliphatic heterocycles. The molecule has 2 fully saturated rings. The first kappa shape index (κ1) is 32.1. The molecule has 2 amide bonds. The highest BCUT2D eigenvalue weighted by Crippen LogP contribution is 2.46. The van der Waals surface area contributed by atoms with Crippen molar-refractivity contribution < 1.29 is 40.0 Å². The number of carbonyl (C=O) groups is 2. The average molecular weight is 618 g/mol. The van der Waals surface area contributed by atoms with E-state index in [1.54, 1.807) is 13.8 Å². The number of amides is 2. The van der Waals surface area contributed by atoms with E-state index in [4.69, 9.17) is 0 Å². The van der Waals surface area contributed by atoms with Crippen LogP contribution >= 0.6 is 0 Å². The van der Waals surface area contributed by atoms with Crippen LogP contribution in [0.25, 0.3) is 0 Å². The Kier molecular flexibility index (Phi) is 8.69. The van der Waals surface area contributed by atoms with Crippen molar-refractivity contribution in [3.05, 3.63) is 58.7 Å². The van der Waals surface area contributed by atoms with Crippen molar-refractivity contribution in [1.29, 1.82) is 0 Å². The first-order valence-electron chi connectivity index (χ1n) is 13.9. The molecule has 13 heteroatoms. The zero-order valence-electron chi connectivity index (χ0n) is 24.0. The van der Waals surface area contributed by atoms with Crippen LogP contribution in [-0.2, 0) is 20.5 Å². The van der Waals surface area contributed by atoms with E-state index in [0.717, 1.165) is 29.6 Å². The van der Waals surface area contributed by atoms with Crippen molar-refractivity contribution in [2.45, 2.75) is 76.1 Å². The number of sulfonamides is 1. The van der Waals surface area contributed by atoms with Crippen LogP contribution in [0.3, 0.4) is 0 Å². The first-order valence-corrected chi connectivity index (χ1v) is 15.8. The molecule has 1 saturated heterocycles. The Balaban J connectivity index is 1.54. The van der Waals surface area contributed by atoms with Crippen molar-refractivity contribution in [1.82, 2.24) is 14.5 Å². The Morgan fingerprint density at radius 3 is 2.29 bits per heavy atom. The predicted molar refractivity (Wildman–Crippen MR) is 147 cm³/mol. The molecule has 0 aromatic heterocycles. The monoisotopic (exact) mass is 617 g/mol. The Labute approximate surface area is 242 Å². The summed E-state index contributed by atoms with van der Waals surface area (Å²) in [5.41, 5.74) is -4.92. The van der Waals surface area contributed by atoms with E-state index >= 15 is 8.78 Å². The maximum atomic E-state index is 15.6. The number of nitrogens with zero attached hydrogens (tertiary/aromatic N) is 2. The molecule has 1 aromatic rings. The van der Waals surface area contributed by atoms with Gasteiger partial charge in [0, 0.05) is 24.1 Å². The minimum atomic E-state index is -4.66. The smallest absolute Gasteiger partial charge is 0.347 e. The lowest BCUT2D eigenvalue weighted by Gasteiger charge is -2.43. The molecule has 1 heterocycles. The van der Waals surface area contributed by atoms with Crippen molar-refractivity contribution in [2.24, 2.45) is 5.92 Å². The summed E-state index contributed by atoms with van der Waals surface area (Å²) in [5, 5.41) is 2.83. The molecule has 1 N–H and O–H groups in total. The van der Waals surface area contributed by atoms with Crippen LogP contribution < -0.4 is 5.32 Å². The van der Waals surface area contributed by atoms with Crippen molar-refractivity contribution >= 4 is 21.8 Å². The van der Waals surface area contributed by atoms with Crippen LogP contribution in [0.1, 0.15) is 62.4 Å². The topological polar surface area (TPSA) is 86.8 Å². The van der Waals surface area contributed by atoms with E-state index in [2.05, 4.69) is 5.32 Å². The van der Waals surface area contributed by atoms with Crippen molar-refractivity contribution in [3.8, 4) is 0 Å². The van der Waals surface area contributed by atoms with Gasteiger partial charge in [-0.3, -0.25) is 9.59 Å². The molecule has 3 atom stereocenters. The van der Waals surface area contributed by atoms with E-state index in [0.29, 0.717) is 12.8 Å². The second-order valence-electron chi connectivity index (χ2n) is 11.6. The largest absolute Gasteiger partial charge is 0.412 e. The summed E-state index contributed by atoms with van der Waals surface area (Å²) >= 11 is 0. The number of allylic oxidation sites excluding steroid dienone is 3. The third kappa shape index (κ3) is 6.56. The fraction of sp³-hybridized carbons (Fsp3) is 0.586. The summed E-state index contributed by atoms with van der Waals surface area (Å²) in [5.74, 6) is -1.24. The fourth-order valence-electron chi connectivity index (χ4n) is 5.71. The highest BCUT2D eigenvalue weighted by atomic mass is 32.2. The molecule has 0 bridgehead atoms. The lowest BCUT2D eigenvalue weighted by molar-refractivity contribution is -0.126. The van der Waals surface area contributed by atoms with Crippen molar-refractivity contribution in [2.75, 3.05) is 25.9 Å². The molecule has 2 aliphatic carbocycles. The number of alkyl halides is 5. The molecule has 1 aromatic carbocycles. The van der Waals surface area contributed by atoms with Gasteiger partial charge in [-0.25, -0.2) is 17.2 Å². The van der Waals surface area contributed by atoms with Crippen LogP contribution in [0.15, 0.2) is 47.6 Å².